The lowest BCUT2D eigenvalue weighted by molar-refractivity contribution is 0.551. The summed E-state index contributed by atoms with van der Waals surface area (Å²) < 4.78 is 24.6. The van der Waals surface area contributed by atoms with Gasteiger partial charge in [-0.05, 0) is 17.7 Å². The number of nitrogens with one attached hydrogen (secondary N) is 1. The van der Waals surface area contributed by atoms with Gasteiger partial charge < -0.3 is 5.32 Å². The van der Waals surface area contributed by atoms with Gasteiger partial charge in [0.25, 0.3) is 0 Å². The molecular weight excluding hydrogens is 278 g/mol. The summed E-state index contributed by atoms with van der Waals surface area (Å²) in [5.41, 5.74) is 0.866. The maximum atomic E-state index is 11.8. The van der Waals surface area contributed by atoms with Gasteiger partial charge in [-0.3, -0.25) is 0 Å². The molecule has 0 aromatic heterocycles. The number of halogens is 1. The zero-order valence-electron chi connectivity index (χ0n) is 8.11. The Morgan fingerprint density at radius 1 is 1.27 bits per heavy atom. The van der Waals surface area contributed by atoms with Crippen LogP contribution < -0.4 is 5.32 Å². The minimum Gasteiger partial charge on any atom is -0.314 e. The lowest BCUT2D eigenvalue weighted by Gasteiger charge is -2.23. The Kier molecular flexibility index (Phi) is 3.13. The number of hydrogen-bond acceptors (Lipinski definition) is 3. The molecule has 1 atom stereocenters. The summed E-state index contributed by atoms with van der Waals surface area (Å²) >= 11 is 3.33. The zero-order valence-corrected chi connectivity index (χ0v) is 10.5. The largest absolute Gasteiger partial charge is 0.314 e. The molecule has 15 heavy (non-hydrogen) atoms. The summed E-state index contributed by atoms with van der Waals surface area (Å²) in [5.74, 6) is 0.230. The van der Waals surface area contributed by atoms with E-state index in [9.17, 15) is 8.42 Å². The third-order valence-corrected chi connectivity index (χ3v) is 5.18. The van der Waals surface area contributed by atoms with Crippen molar-refractivity contribution in [2.75, 3.05) is 18.8 Å². The highest BCUT2D eigenvalue weighted by Crippen LogP contribution is 2.25. The Bertz CT molecular complexity index is 441. The van der Waals surface area contributed by atoms with Crippen LogP contribution in [-0.2, 0) is 9.84 Å². The van der Waals surface area contributed by atoms with Crippen molar-refractivity contribution in [2.45, 2.75) is 5.25 Å². The molecule has 5 heteroatoms. The van der Waals surface area contributed by atoms with E-state index < -0.39 is 9.84 Å². The summed E-state index contributed by atoms with van der Waals surface area (Å²) in [4.78, 5) is 0. The van der Waals surface area contributed by atoms with Gasteiger partial charge in [0.15, 0.2) is 9.84 Å². The zero-order chi connectivity index (χ0) is 10.9. The number of sulfone groups is 1. The minimum atomic E-state index is -2.97. The van der Waals surface area contributed by atoms with Crippen LogP contribution in [0.15, 0.2) is 28.7 Å². The van der Waals surface area contributed by atoms with Crippen molar-refractivity contribution in [3.63, 3.8) is 0 Å². The topological polar surface area (TPSA) is 46.2 Å². The van der Waals surface area contributed by atoms with Crippen LogP contribution in [0.5, 0.6) is 0 Å². The third-order valence-electron chi connectivity index (χ3n) is 2.57. The maximum absolute atomic E-state index is 11.8. The predicted molar refractivity (Wildman–Crippen MR) is 63.5 cm³/mol. The molecule has 2 rings (SSSR count). The Hall–Kier alpha value is -0.390. The predicted octanol–water partition coefficient (Wildman–Crippen LogP) is 1.51. The smallest absolute Gasteiger partial charge is 0.159 e. The molecule has 3 nitrogen and oxygen atoms in total. The first kappa shape index (κ1) is 11.1. The molecule has 1 aromatic rings. The molecule has 1 N–H and O–H groups in total. The van der Waals surface area contributed by atoms with E-state index in [1.54, 1.807) is 0 Å². The SMILES string of the molecule is O=S1(=O)CCNCC1c1ccc(Br)cc1. The van der Waals surface area contributed by atoms with Crippen molar-refractivity contribution in [1.82, 2.24) is 5.32 Å². The van der Waals surface area contributed by atoms with Gasteiger partial charge in [-0.2, -0.15) is 0 Å². The lowest BCUT2D eigenvalue weighted by Crippen LogP contribution is -2.38. The standard InChI is InChI=1S/C10H12BrNO2S/c11-9-3-1-8(2-4-9)10-7-12-5-6-15(10,13)14/h1-4,10,12H,5-7H2. The highest BCUT2D eigenvalue weighted by molar-refractivity contribution is 9.10. The fourth-order valence-corrected chi connectivity index (χ4v) is 3.64. The van der Waals surface area contributed by atoms with E-state index in [4.69, 9.17) is 0 Å². The first-order chi connectivity index (χ1) is 7.09. The summed E-state index contributed by atoms with van der Waals surface area (Å²) in [7, 11) is -2.97. The molecule has 0 amide bonds. The molecule has 0 bridgehead atoms. The first-order valence-corrected chi connectivity index (χ1v) is 7.28. The molecule has 0 aliphatic carbocycles. The van der Waals surface area contributed by atoms with E-state index in [2.05, 4.69) is 21.2 Å². The molecule has 1 aliphatic rings. The quantitative estimate of drug-likeness (QED) is 0.852. The third kappa shape index (κ3) is 2.41. The van der Waals surface area contributed by atoms with Gasteiger partial charge in [-0.1, -0.05) is 28.1 Å². The van der Waals surface area contributed by atoms with Crippen molar-refractivity contribution >= 4 is 25.8 Å². The van der Waals surface area contributed by atoms with Crippen molar-refractivity contribution in [3.05, 3.63) is 34.3 Å². The molecule has 1 heterocycles. The second kappa shape index (κ2) is 4.23. The van der Waals surface area contributed by atoms with Crippen LogP contribution in [-0.4, -0.2) is 27.3 Å². The van der Waals surface area contributed by atoms with Crippen molar-refractivity contribution in [2.24, 2.45) is 0 Å². The van der Waals surface area contributed by atoms with Gasteiger partial charge in [-0.25, -0.2) is 8.42 Å². The molecule has 1 unspecified atom stereocenters. The average molecular weight is 290 g/mol. The molecule has 0 radical (unpaired) electrons. The van der Waals surface area contributed by atoms with E-state index >= 15 is 0 Å². The molecule has 1 fully saturated rings. The van der Waals surface area contributed by atoms with Crippen molar-refractivity contribution in [3.8, 4) is 0 Å². The molecule has 82 valence electrons. The van der Waals surface area contributed by atoms with E-state index in [-0.39, 0.29) is 11.0 Å². The Morgan fingerprint density at radius 3 is 2.53 bits per heavy atom. The Labute approximate surface area is 97.9 Å². The van der Waals surface area contributed by atoms with Gasteiger partial charge in [-0.15, -0.1) is 0 Å². The normalized spacial score (nSPS) is 25.0. The Balaban J connectivity index is 2.33. The van der Waals surface area contributed by atoms with Crippen LogP contribution in [0.3, 0.4) is 0 Å². The van der Waals surface area contributed by atoms with E-state index in [1.807, 2.05) is 24.3 Å². The molecule has 1 saturated heterocycles. The number of benzene rings is 1. The highest BCUT2D eigenvalue weighted by atomic mass is 79.9. The van der Waals surface area contributed by atoms with Crippen LogP contribution in [0.25, 0.3) is 0 Å². The van der Waals surface area contributed by atoms with Crippen LogP contribution >= 0.6 is 15.9 Å². The van der Waals surface area contributed by atoms with Crippen LogP contribution in [0.4, 0.5) is 0 Å². The average Bonchev–Trinajstić information content (AvgIpc) is 2.19. The minimum absolute atomic E-state index is 0.230. The van der Waals surface area contributed by atoms with E-state index in [0.29, 0.717) is 13.1 Å². The van der Waals surface area contributed by atoms with Crippen molar-refractivity contribution in [1.29, 1.82) is 0 Å². The van der Waals surface area contributed by atoms with Gasteiger partial charge >= 0.3 is 0 Å². The van der Waals surface area contributed by atoms with Crippen LogP contribution in [0, 0.1) is 0 Å². The van der Waals surface area contributed by atoms with Gasteiger partial charge in [0.05, 0.1) is 11.0 Å². The van der Waals surface area contributed by atoms with Gasteiger partial charge in [0.1, 0.15) is 0 Å². The summed E-state index contributed by atoms with van der Waals surface area (Å²) in [6, 6.07) is 7.47. The van der Waals surface area contributed by atoms with E-state index in [0.717, 1.165) is 10.0 Å². The first-order valence-electron chi connectivity index (χ1n) is 4.77. The second-order valence-corrected chi connectivity index (χ2v) is 6.83. The fourth-order valence-electron chi connectivity index (χ4n) is 1.72. The summed E-state index contributed by atoms with van der Waals surface area (Å²) in [6.45, 7) is 1.08. The number of rotatable bonds is 1. The van der Waals surface area contributed by atoms with Crippen molar-refractivity contribution < 1.29 is 8.42 Å². The summed E-state index contributed by atoms with van der Waals surface area (Å²) in [5, 5.41) is 2.72. The van der Waals surface area contributed by atoms with Gasteiger partial charge in [0, 0.05) is 17.6 Å². The van der Waals surface area contributed by atoms with Crippen LogP contribution in [0.1, 0.15) is 10.8 Å². The van der Waals surface area contributed by atoms with Gasteiger partial charge in [0.2, 0.25) is 0 Å². The summed E-state index contributed by atoms with van der Waals surface area (Å²) in [6.07, 6.45) is 0. The van der Waals surface area contributed by atoms with Crippen LogP contribution in [0.2, 0.25) is 0 Å². The second-order valence-electron chi connectivity index (χ2n) is 3.61. The maximum Gasteiger partial charge on any atom is 0.159 e. The van der Waals surface area contributed by atoms with E-state index in [1.165, 1.54) is 0 Å². The molecule has 1 aliphatic heterocycles. The molecule has 0 saturated carbocycles. The number of hydrogen-bond donors (Lipinski definition) is 1. The fraction of sp³-hybridized carbons (Fsp3) is 0.400. The molecular formula is C10H12BrNO2S. The molecule has 1 aromatic carbocycles. The highest BCUT2D eigenvalue weighted by Gasteiger charge is 2.29. The molecule has 0 spiro atoms. The Morgan fingerprint density at radius 2 is 1.93 bits per heavy atom. The lowest BCUT2D eigenvalue weighted by atomic mass is 10.1. The monoisotopic (exact) mass is 289 g/mol.